The van der Waals surface area contributed by atoms with Gasteiger partial charge in [-0.3, -0.25) is 9.59 Å². The van der Waals surface area contributed by atoms with Crippen molar-refractivity contribution in [1.82, 2.24) is 4.90 Å². The van der Waals surface area contributed by atoms with Crippen LogP contribution in [0.5, 0.6) is 5.75 Å². The number of nitrogens with zero attached hydrogens (tertiary/aromatic N) is 1. The molecule has 1 atom stereocenters. The van der Waals surface area contributed by atoms with Gasteiger partial charge < -0.3 is 14.4 Å². The number of benzene rings is 1. The maximum absolute atomic E-state index is 12.6. The molecule has 0 aromatic heterocycles. The van der Waals surface area contributed by atoms with Crippen LogP contribution in [0.25, 0.3) is 0 Å². The highest BCUT2D eigenvalue weighted by Gasteiger charge is 2.31. The molecule has 0 N–H and O–H groups in total. The first-order chi connectivity index (χ1) is 11.5. The van der Waals surface area contributed by atoms with Crippen LogP contribution in [0.4, 0.5) is 0 Å². The van der Waals surface area contributed by atoms with Gasteiger partial charge in [-0.1, -0.05) is 25.5 Å². The van der Waals surface area contributed by atoms with Crippen molar-refractivity contribution in [3.63, 3.8) is 0 Å². The molecule has 1 aromatic carbocycles. The van der Waals surface area contributed by atoms with Crippen LogP contribution < -0.4 is 4.74 Å². The Balaban J connectivity index is 1.98. The van der Waals surface area contributed by atoms with E-state index >= 15 is 0 Å². The van der Waals surface area contributed by atoms with Crippen molar-refractivity contribution in [2.75, 3.05) is 27.3 Å². The molecule has 24 heavy (non-hydrogen) atoms. The second-order valence-electron chi connectivity index (χ2n) is 6.43. The standard InChI is InChI=1S/C19H27NO4/c1-14(19(22)24-3)13-20(18(21)16-5-4-6-16)12-11-15-7-9-17(23-2)10-8-15/h7-10,14,16H,4-6,11-13H2,1-3H3. The van der Waals surface area contributed by atoms with Gasteiger partial charge in [-0.15, -0.1) is 0 Å². The molecule has 1 unspecified atom stereocenters. The van der Waals surface area contributed by atoms with E-state index in [4.69, 9.17) is 9.47 Å². The summed E-state index contributed by atoms with van der Waals surface area (Å²) < 4.78 is 9.95. The summed E-state index contributed by atoms with van der Waals surface area (Å²) in [5.74, 6) is 0.539. The fourth-order valence-electron chi connectivity index (χ4n) is 2.87. The van der Waals surface area contributed by atoms with Gasteiger partial charge in [-0.05, 0) is 37.0 Å². The SMILES string of the molecule is COC(=O)C(C)CN(CCc1ccc(OC)cc1)C(=O)C1CCC1. The van der Waals surface area contributed by atoms with Crippen LogP contribution in [0.15, 0.2) is 24.3 Å². The molecule has 5 nitrogen and oxygen atoms in total. The van der Waals surface area contributed by atoms with Crippen molar-refractivity contribution in [3.8, 4) is 5.75 Å². The quantitative estimate of drug-likeness (QED) is 0.686. The van der Waals surface area contributed by atoms with Crippen LogP contribution in [-0.4, -0.2) is 44.1 Å². The number of hydrogen-bond donors (Lipinski definition) is 0. The molecule has 1 amide bonds. The lowest BCUT2D eigenvalue weighted by molar-refractivity contribution is -0.147. The van der Waals surface area contributed by atoms with Crippen LogP contribution in [-0.2, 0) is 20.7 Å². The Labute approximate surface area is 143 Å². The minimum absolute atomic E-state index is 0.130. The van der Waals surface area contributed by atoms with Gasteiger partial charge >= 0.3 is 5.97 Å². The third-order valence-corrected chi connectivity index (χ3v) is 4.69. The summed E-state index contributed by atoms with van der Waals surface area (Å²) in [6.45, 7) is 2.83. The van der Waals surface area contributed by atoms with E-state index in [9.17, 15) is 9.59 Å². The summed E-state index contributed by atoms with van der Waals surface area (Å²) in [4.78, 5) is 26.2. The fraction of sp³-hybridized carbons (Fsp3) is 0.579. The molecular weight excluding hydrogens is 306 g/mol. The molecule has 1 aromatic rings. The van der Waals surface area contributed by atoms with E-state index in [2.05, 4.69) is 0 Å². The van der Waals surface area contributed by atoms with E-state index in [1.165, 1.54) is 7.11 Å². The summed E-state index contributed by atoms with van der Waals surface area (Å²) >= 11 is 0. The maximum Gasteiger partial charge on any atom is 0.310 e. The molecule has 0 radical (unpaired) electrons. The number of carbonyl (C=O) groups is 2. The zero-order valence-electron chi connectivity index (χ0n) is 14.8. The summed E-state index contributed by atoms with van der Waals surface area (Å²) in [6.07, 6.45) is 3.81. The minimum atomic E-state index is -0.310. The first kappa shape index (κ1) is 18.3. The van der Waals surface area contributed by atoms with E-state index in [0.717, 1.165) is 37.0 Å². The van der Waals surface area contributed by atoms with E-state index in [1.54, 1.807) is 14.0 Å². The predicted molar refractivity (Wildman–Crippen MR) is 91.8 cm³/mol. The van der Waals surface area contributed by atoms with E-state index in [0.29, 0.717) is 13.1 Å². The second kappa shape index (κ2) is 8.71. The van der Waals surface area contributed by atoms with Crippen LogP contribution >= 0.6 is 0 Å². The lowest BCUT2D eigenvalue weighted by atomic mass is 9.84. The van der Waals surface area contributed by atoms with E-state index in [-0.39, 0.29) is 23.7 Å². The Morgan fingerprint density at radius 1 is 1.21 bits per heavy atom. The zero-order chi connectivity index (χ0) is 17.5. The fourth-order valence-corrected chi connectivity index (χ4v) is 2.87. The summed E-state index contributed by atoms with van der Waals surface area (Å²) in [5, 5.41) is 0. The number of esters is 1. The Hall–Kier alpha value is -2.04. The van der Waals surface area contributed by atoms with Crippen LogP contribution in [0.2, 0.25) is 0 Å². The van der Waals surface area contributed by atoms with Crippen molar-refractivity contribution < 1.29 is 19.1 Å². The molecule has 0 saturated heterocycles. The van der Waals surface area contributed by atoms with Crippen molar-refractivity contribution in [2.45, 2.75) is 32.6 Å². The summed E-state index contributed by atoms with van der Waals surface area (Å²) in [7, 11) is 3.02. The Morgan fingerprint density at radius 3 is 2.38 bits per heavy atom. The topological polar surface area (TPSA) is 55.8 Å². The molecule has 1 aliphatic rings. The van der Waals surface area contributed by atoms with Gasteiger partial charge in [0.15, 0.2) is 0 Å². The number of ether oxygens (including phenoxy) is 2. The van der Waals surface area contributed by atoms with Gasteiger partial charge in [-0.25, -0.2) is 0 Å². The monoisotopic (exact) mass is 333 g/mol. The smallest absolute Gasteiger partial charge is 0.310 e. The molecule has 0 bridgehead atoms. The largest absolute Gasteiger partial charge is 0.497 e. The molecule has 2 rings (SSSR count). The van der Waals surface area contributed by atoms with Crippen LogP contribution in [0.3, 0.4) is 0 Å². The highest BCUT2D eigenvalue weighted by atomic mass is 16.5. The van der Waals surface area contributed by atoms with Crippen molar-refractivity contribution in [1.29, 1.82) is 0 Å². The maximum atomic E-state index is 12.6. The highest BCUT2D eigenvalue weighted by molar-refractivity contribution is 5.80. The normalized spacial score (nSPS) is 15.3. The van der Waals surface area contributed by atoms with Gasteiger partial charge in [0.05, 0.1) is 20.1 Å². The number of amides is 1. The number of rotatable bonds is 8. The van der Waals surface area contributed by atoms with Gasteiger partial charge in [0.1, 0.15) is 5.75 Å². The van der Waals surface area contributed by atoms with Crippen molar-refractivity contribution >= 4 is 11.9 Å². The number of hydrogen-bond acceptors (Lipinski definition) is 4. The third-order valence-electron chi connectivity index (χ3n) is 4.69. The van der Waals surface area contributed by atoms with Crippen LogP contribution in [0.1, 0.15) is 31.7 Å². The predicted octanol–water partition coefficient (Wildman–Crippen LogP) is 2.68. The third kappa shape index (κ3) is 4.73. The summed E-state index contributed by atoms with van der Waals surface area (Å²) in [5.41, 5.74) is 1.15. The van der Waals surface area contributed by atoms with Crippen molar-refractivity contribution in [3.05, 3.63) is 29.8 Å². The lowest BCUT2D eigenvalue weighted by Crippen LogP contribution is -2.43. The molecule has 1 fully saturated rings. The molecule has 0 spiro atoms. The van der Waals surface area contributed by atoms with E-state index in [1.807, 2.05) is 29.2 Å². The van der Waals surface area contributed by atoms with Crippen molar-refractivity contribution in [2.24, 2.45) is 11.8 Å². The molecule has 0 aliphatic heterocycles. The number of carbonyl (C=O) groups excluding carboxylic acids is 2. The lowest BCUT2D eigenvalue weighted by Gasteiger charge is -2.33. The zero-order valence-corrected chi connectivity index (χ0v) is 14.8. The van der Waals surface area contributed by atoms with Gasteiger partial charge in [0.25, 0.3) is 0 Å². The molecule has 1 saturated carbocycles. The first-order valence-electron chi connectivity index (χ1n) is 8.54. The molecule has 5 heteroatoms. The Morgan fingerprint density at radius 2 is 1.88 bits per heavy atom. The number of methoxy groups -OCH3 is 2. The van der Waals surface area contributed by atoms with Gasteiger partial charge in [-0.2, -0.15) is 0 Å². The molecule has 132 valence electrons. The van der Waals surface area contributed by atoms with E-state index < -0.39 is 0 Å². The molecule has 1 aliphatic carbocycles. The second-order valence-corrected chi connectivity index (χ2v) is 6.43. The highest BCUT2D eigenvalue weighted by Crippen LogP contribution is 2.28. The molecular formula is C19H27NO4. The summed E-state index contributed by atoms with van der Waals surface area (Å²) in [6, 6.07) is 7.86. The molecule has 0 heterocycles. The van der Waals surface area contributed by atoms with Gasteiger partial charge in [0, 0.05) is 19.0 Å². The average Bonchev–Trinajstić information content (AvgIpc) is 2.56. The average molecular weight is 333 g/mol. The Bertz CT molecular complexity index is 551. The van der Waals surface area contributed by atoms with Gasteiger partial charge in [0.2, 0.25) is 5.91 Å². The Kier molecular flexibility index (Phi) is 6.64. The van der Waals surface area contributed by atoms with Crippen LogP contribution in [0, 0.1) is 11.8 Å². The minimum Gasteiger partial charge on any atom is -0.497 e. The first-order valence-corrected chi connectivity index (χ1v) is 8.54.